The van der Waals surface area contributed by atoms with E-state index in [2.05, 4.69) is 44.3 Å². The number of benzene rings is 2. The SMILES string of the molecule is CC(C)(C)c1ccc2c(c1)C1OCCCC1C(c1cccc(F)c1)N2. The fourth-order valence-corrected chi connectivity index (χ4v) is 4.17. The molecule has 0 bridgehead atoms. The first kappa shape index (κ1) is 16.6. The van der Waals surface area contributed by atoms with Gasteiger partial charge >= 0.3 is 0 Å². The minimum absolute atomic E-state index is 0.0839. The predicted molar refractivity (Wildman–Crippen MR) is 99.3 cm³/mol. The van der Waals surface area contributed by atoms with Crippen molar-refractivity contribution in [1.29, 1.82) is 0 Å². The first-order chi connectivity index (χ1) is 11.9. The van der Waals surface area contributed by atoms with Crippen LogP contribution >= 0.6 is 0 Å². The van der Waals surface area contributed by atoms with Gasteiger partial charge in [-0.2, -0.15) is 0 Å². The van der Waals surface area contributed by atoms with E-state index in [9.17, 15) is 4.39 Å². The van der Waals surface area contributed by atoms with E-state index in [0.717, 1.165) is 30.7 Å². The Labute approximate surface area is 149 Å². The van der Waals surface area contributed by atoms with Gasteiger partial charge in [-0.3, -0.25) is 0 Å². The summed E-state index contributed by atoms with van der Waals surface area (Å²) >= 11 is 0. The maximum absolute atomic E-state index is 13.8. The van der Waals surface area contributed by atoms with E-state index in [0.29, 0.717) is 5.92 Å². The lowest BCUT2D eigenvalue weighted by atomic mass is 9.76. The molecule has 1 saturated heterocycles. The molecule has 2 aromatic rings. The van der Waals surface area contributed by atoms with Gasteiger partial charge in [-0.05, 0) is 47.6 Å². The Hall–Kier alpha value is -1.87. The lowest BCUT2D eigenvalue weighted by Gasteiger charge is -2.44. The van der Waals surface area contributed by atoms with Crippen LogP contribution in [0.1, 0.15) is 62.4 Å². The fourth-order valence-electron chi connectivity index (χ4n) is 4.17. The molecular weight excluding hydrogens is 313 g/mol. The lowest BCUT2D eigenvalue weighted by molar-refractivity contribution is -0.0382. The summed E-state index contributed by atoms with van der Waals surface area (Å²) in [5.41, 5.74) is 4.81. The molecule has 2 aliphatic heterocycles. The lowest BCUT2D eigenvalue weighted by Crippen LogP contribution is -2.36. The molecule has 4 rings (SSSR count). The highest BCUT2D eigenvalue weighted by molar-refractivity contribution is 5.59. The van der Waals surface area contributed by atoms with Crippen LogP contribution in [0.3, 0.4) is 0 Å². The monoisotopic (exact) mass is 339 g/mol. The normalized spacial score (nSPS) is 25.7. The molecule has 0 saturated carbocycles. The zero-order chi connectivity index (χ0) is 17.6. The summed E-state index contributed by atoms with van der Waals surface area (Å²) in [4.78, 5) is 0. The summed E-state index contributed by atoms with van der Waals surface area (Å²) in [6, 6.07) is 13.7. The second-order valence-corrected chi connectivity index (χ2v) is 8.33. The van der Waals surface area contributed by atoms with Crippen molar-refractivity contribution >= 4 is 5.69 Å². The molecule has 0 spiro atoms. The summed E-state index contributed by atoms with van der Waals surface area (Å²) in [6.45, 7) is 7.51. The summed E-state index contributed by atoms with van der Waals surface area (Å²) in [6.07, 6.45) is 2.24. The van der Waals surface area contributed by atoms with Crippen molar-refractivity contribution in [1.82, 2.24) is 0 Å². The van der Waals surface area contributed by atoms with Gasteiger partial charge in [0.15, 0.2) is 0 Å². The van der Waals surface area contributed by atoms with Crippen LogP contribution in [-0.4, -0.2) is 6.61 Å². The number of halogens is 1. The zero-order valence-electron chi connectivity index (χ0n) is 15.2. The van der Waals surface area contributed by atoms with Gasteiger partial charge in [-0.15, -0.1) is 0 Å². The molecule has 1 fully saturated rings. The molecule has 2 aromatic carbocycles. The van der Waals surface area contributed by atoms with E-state index >= 15 is 0 Å². The Bertz CT molecular complexity index is 780. The van der Waals surface area contributed by atoms with Gasteiger partial charge in [0, 0.05) is 23.8 Å². The average Bonchev–Trinajstić information content (AvgIpc) is 2.60. The molecule has 2 heterocycles. The minimum atomic E-state index is -0.179. The summed E-state index contributed by atoms with van der Waals surface area (Å²) in [5, 5.41) is 3.67. The van der Waals surface area contributed by atoms with Crippen molar-refractivity contribution < 1.29 is 9.13 Å². The minimum Gasteiger partial charge on any atom is -0.378 e. The molecule has 0 radical (unpaired) electrons. The average molecular weight is 339 g/mol. The van der Waals surface area contributed by atoms with Gasteiger partial charge in [0.25, 0.3) is 0 Å². The van der Waals surface area contributed by atoms with Crippen molar-refractivity contribution in [3.8, 4) is 0 Å². The number of rotatable bonds is 1. The molecule has 0 aliphatic carbocycles. The molecule has 3 unspecified atom stereocenters. The van der Waals surface area contributed by atoms with Crippen molar-refractivity contribution in [3.05, 3.63) is 65.0 Å². The van der Waals surface area contributed by atoms with E-state index in [1.165, 1.54) is 17.2 Å². The van der Waals surface area contributed by atoms with E-state index in [1.807, 2.05) is 6.07 Å². The third kappa shape index (κ3) is 3.06. The Morgan fingerprint density at radius 1 is 1.12 bits per heavy atom. The van der Waals surface area contributed by atoms with Crippen LogP contribution in [0.2, 0.25) is 0 Å². The number of ether oxygens (including phenoxy) is 1. The molecule has 0 amide bonds. The molecule has 3 atom stereocenters. The maximum Gasteiger partial charge on any atom is 0.123 e. The quantitative estimate of drug-likeness (QED) is 0.713. The van der Waals surface area contributed by atoms with E-state index in [-0.39, 0.29) is 23.4 Å². The van der Waals surface area contributed by atoms with Crippen molar-refractivity contribution in [2.75, 3.05) is 11.9 Å². The van der Waals surface area contributed by atoms with Crippen molar-refractivity contribution in [3.63, 3.8) is 0 Å². The molecule has 132 valence electrons. The maximum atomic E-state index is 13.8. The largest absolute Gasteiger partial charge is 0.378 e. The standard InChI is InChI=1S/C22H26FNO/c1-22(2,3)15-9-10-19-18(13-15)21-17(8-5-11-25-21)20(24-19)14-6-4-7-16(23)12-14/h4,6-7,9-10,12-13,17,20-21,24H,5,8,11H2,1-3H3. The topological polar surface area (TPSA) is 21.3 Å². The molecule has 2 nitrogen and oxygen atoms in total. The van der Waals surface area contributed by atoms with Crippen molar-refractivity contribution in [2.45, 2.75) is 51.2 Å². The van der Waals surface area contributed by atoms with E-state index < -0.39 is 0 Å². The Balaban J connectivity index is 1.78. The second-order valence-electron chi connectivity index (χ2n) is 8.33. The first-order valence-electron chi connectivity index (χ1n) is 9.21. The smallest absolute Gasteiger partial charge is 0.123 e. The van der Waals surface area contributed by atoms with Gasteiger partial charge in [0.1, 0.15) is 5.82 Å². The van der Waals surface area contributed by atoms with Gasteiger partial charge < -0.3 is 10.1 Å². The number of hydrogen-bond acceptors (Lipinski definition) is 2. The van der Waals surface area contributed by atoms with Crippen LogP contribution in [-0.2, 0) is 10.2 Å². The summed E-state index contributed by atoms with van der Waals surface area (Å²) < 4.78 is 20.0. The first-order valence-corrected chi connectivity index (χ1v) is 9.21. The molecule has 0 aromatic heterocycles. The highest BCUT2D eigenvalue weighted by atomic mass is 19.1. The number of nitrogens with one attached hydrogen (secondary N) is 1. The number of hydrogen-bond donors (Lipinski definition) is 1. The zero-order valence-corrected chi connectivity index (χ0v) is 15.2. The fraction of sp³-hybridized carbons (Fsp3) is 0.455. The Morgan fingerprint density at radius 3 is 2.72 bits per heavy atom. The van der Waals surface area contributed by atoms with Crippen LogP contribution < -0.4 is 5.32 Å². The number of anilines is 1. The Kier molecular flexibility index (Phi) is 4.07. The third-order valence-electron chi connectivity index (χ3n) is 5.54. The van der Waals surface area contributed by atoms with Crippen LogP contribution in [0.15, 0.2) is 42.5 Å². The highest BCUT2D eigenvalue weighted by Crippen LogP contribution is 2.49. The third-order valence-corrected chi connectivity index (χ3v) is 5.54. The predicted octanol–water partition coefficient (Wildman–Crippen LogP) is 5.76. The summed E-state index contributed by atoms with van der Waals surface area (Å²) in [7, 11) is 0. The highest BCUT2D eigenvalue weighted by Gasteiger charge is 2.40. The van der Waals surface area contributed by atoms with E-state index in [1.54, 1.807) is 12.1 Å². The molecule has 3 heteroatoms. The van der Waals surface area contributed by atoms with Crippen LogP contribution in [0, 0.1) is 11.7 Å². The van der Waals surface area contributed by atoms with Gasteiger partial charge in [-0.25, -0.2) is 4.39 Å². The van der Waals surface area contributed by atoms with Gasteiger partial charge in [0.05, 0.1) is 12.1 Å². The van der Waals surface area contributed by atoms with Crippen molar-refractivity contribution in [2.24, 2.45) is 5.92 Å². The van der Waals surface area contributed by atoms with Crippen LogP contribution in [0.25, 0.3) is 0 Å². The van der Waals surface area contributed by atoms with Crippen LogP contribution in [0.5, 0.6) is 0 Å². The number of fused-ring (bicyclic) bond motifs is 3. The molecule has 25 heavy (non-hydrogen) atoms. The molecular formula is C22H26FNO. The molecule has 1 N–H and O–H groups in total. The van der Waals surface area contributed by atoms with Gasteiger partial charge in [-0.1, -0.05) is 45.0 Å². The second kappa shape index (κ2) is 6.14. The van der Waals surface area contributed by atoms with Crippen LogP contribution in [0.4, 0.5) is 10.1 Å². The summed E-state index contributed by atoms with van der Waals surface area (Å²) in [5.74, 6) is 0.153. The van der Waals surface area contributed by atoms with Gasteiger partial charge in [0.2, 0.25) is 0 Å². The molecule has 2 aliphatic rings. The van der Waals surface area contributed by atoms with E-state index in [4.69, 9.17) is 4.74 Å². The Morgan fingerprint density at radius 2 is 1.96 bits per heavy atom.